The van der Waals surface area contributed by atoms with E-state index in [9.17, 15) is 21.6 Å². The minimum Gasteiger partial charge on any atom is -0.368 e. The Kier molecular flexibility index (Phi) is 8.32. The zero-order valence-electron chi connectivity index (χ0n) is 20.1. The van der Waals surface area contributed by atoms with Crippen LogP contribution in [-0.2, 0) is 37.0 Å². The molecule has 0 radical (unpaired) electrons. The minimum atomic E-state index is -4.30. The summed E-state index contributed by atoms with van der Waals surface area (Å²) in [6.45, 7) is -0.298. The van der Waals surface area contributed by atoms with Gasteiger partial charge in [0, 0.05) is 11.6 Å². The number of halogens is 1. The molecule has 2 N–H and O–H groups in total. The number of amides is 1. The van der Waals surface area contributed by atoms with Crippen molar-refractivity contribution in [2.24, 2.45) is 5.73 Å². The van der Waals surface area contributed by atoms with Gasteiger partial charge in [0.25, 0.3) is 0 Å². The molecule has 4 aromatic rings. The Morgan fingerprint density at radius 3 is 1.82 bits per heavy atom. The van der Waals surface area contributed by atoms with Crippen LogP contribution >= 0.6 is 11.6 Å². The topological polar surface area (TPSA) is 115 Å². The van der Waals surface area contributed by atoms with E-state index in [-0.39, 0.29) is 22.1 Å². The quantitative estimate of drug-likeness (QED) is 0.297. The molecule has 0 saturated carbocycles. The van der Waals surface area contributed by atoms with E-state index in [0.717, 1.165) is 4.31 Å². The maximum Gasteiger partial charge on any atom is 0.244 e. The maximum absolute atomic E-state index is 13.9. The van der Waals surface area contributed by atoms with Gasteiger partial charge in [-0.15, -0.1) is 0 Å². The smallest absolute Gasteiger partial charge is 0.244 e. The standard InChI is InChI=1S/C28H25ClN2O5S2/c29-24-15-17-26(18-16-24)38(35,36)31(27(28(30)32)21-9-3-1-4-10-21)19-22-11-7-8-12-23(22)20-37(33,34)25-13-5-2-6-14-25/h1-18,27H,19-20H2,(H2,30,32)/t27-/m1/s1. The van der Waals surface area contributed by atoms with Gasteiger partial charge in [0.1, 0.15) is 6.04 Å². The van der Waals surface area contributed by atoms with Gasteiger partial charge in [0.05, 0.1) is 15.5 Å². The molecule has 0 fully saturated rings. The summed E-state index contributed by atoms with van der Waals surface area (Å²) in [7, 11) is -8.02. The number of sulfonamides is 1. The van der Waals surface area contributed by atoms with Gasteiger partial charge in [-0.3, -0.25) is 4.79 Å². The predicted molar refractivity (Wildman–Crippen MR) is 146 cm³/mol. The molecule has 1 atom stereocenters. The van der Waals surface area contributed by atoms with Crippen molar-refractivity contribution in [1.82, 2.24) is 4.31 Å². The normalized spacial score (nSPS) is 12.8. The molecule has 10 heteroatoms. The first-order valence-electron chi connectivity index (χ1n) is 11.6. The number of carbonyl (C=O) groups excluding carboxylic acids is 1. The van der Waals surface area contributed by atoms with Crippen LogP contribution in [0.2, 0.25) is 5.02 Å². The maximum atomic E-state index is 13.9. The fourth-order valence-electron chi connectivity index (χ4n) is 4.10. The summed E-state index contributed by atoms with van der Waals surface area (Å²) in [6.07, 6.45) is 0. The third kappa shape index (κ3) is 6.14. The molecule has 0 aliphatic heterocycles. The molecule has 0 aromatic heterocycles. The number of benzene rings is 4. The third-order valence-corrected chi connectivity index (χ3v) is 9.74. The predicted octanol–water partition coefficient (Wildman–Crippen LogP) is 4.73. The van der Waals surface area contributed by atoms with Crippen LogP contribution in [-0.4, -0.2) is 27.0 Å². The van der Waals surface area contributed by atoms with Crippen LogP contribution < -0.4 is 5.73 Å². The van der Waals surface area contributed by atoms with Crippen molar-refractivity contribution >= 4 is 37.4 Å². The molecule has 4 aromatic carbocycles. The highest BCUT2D eigenvalue weighted by Gasteiger charge is 2.36. The Labute approximate surface area is 227 Å². The Morgan fingerprint density at radius 2 is 1.24 bits per heavy atom. The largest absolute Gasteiger partial charge is 0.368 e. The number of hydrogen-bond donors (Lipinski definition) is 1. The zero-order chi connectivity index (χ0) is 27.3. The highest BCUT2D eigenvalue weighted by Crippen LogP contribution is 2.32. The highest BCUT2D eigenvalue weighted by atomic mass is 35.5. The van der Waals surface area contributed by atoms with Crippen LogP contribution in [0.5, 0.6) is 0 Å². The van der Waals surface area contributed by atoms with E-state index in [1.165, 1.54) is 36.4 Å². The second kappa shape index (κ2) is 11.5. The first-order chi connectivity index (χ1) is 18.1. The van der Waals surface area contributed by atoms with Crippen LogP contribution in [0.3, 0.4) is 0 Å². The molecule has 196 valence electrons. The third-order valence-electron chi connectivity index (χ3n) is 5.99. The van der Waals surface area contributed by atoms with Crippen molar-refractivity contribution in [3.8, 4) is 0 Å². The number of sulfone groups is 1. The lowest BCUT2D eigenvalue weighted by Gasteiger charge is -2.30. The Bertz CT molecular complexity index is 1630. The number of rotatable bonds is 10. The molecule has 4 rings (SSSR count). The molecule has 0 aliphatic rings. The molecule has 38 heavy (non-hydrogen) atoms. The van der Waals surface area contributed by atoms with Gasteiger partial charge in [-0.1, -0.05) is 84.4 Å². The van der Waals surface area contributed by atoms with Crippen molar-refractivity contribution in [1.29, 1.82) is 0 Å². The van der Waals surface area contributed by atoms with Crippen LogP contribution in [0.15, 0.2) is 119 Å². The Balaban J connectivity index is 1.82. The Morgan fingerprint density at radius 1 is 0.711 bits per heavy atom. The molecule has 0 saturated heterocycles. The van der Waals surface area contributed by atoms with Gasteiger partial charge in [-0.25, -0.2) is 16.8 Å². The van der Waals surface area contributed by atoms with Crippen molar-refractivity contribution in [2.75, 3.05) is 0 Å². The van der Waals surface area contributed by atoms with E-state index in [2.05, 4.69) is 0 Å². The molecule has 0 spiro atoms. The number of nitrogens with zero attached hydrogens (tertiary/aromatic N) is 1. The summed E-state index contributed by atoms with van der Waals surface area (Å²) in [4.78, 5) is 12.8. The summed E-state index contributed by atoms with van der Waals surface area (Å²) in [6, 6.07) is 27.2. The van der Waals surface area contributed by atoms with Gasteiger partial charge in [0.2, 0.25) is 15.9 Å². The van der Waals surface area contributed by atoms with E-state index in [1.54, 1.807) is 72.8 Å². The monoisotopic (exact) mass is 568 g/mol. The summed E-state index contributed by atoms with van der Waals surface area (Å²) in [5.41, 5.74) is 6.99. The first kappa shape index (κ1) is 27.5. The lowest BCUT2D eigenvalue weighted by molar-refractivity contribution is -0.122. The number of hydrogen-bond acceptors (Lipinski definition) is 5. The number of nitrogens with two attached hydrogens (primary N) is 1. The van der Waals surface area contributed by atoms with Gasteiger partial charge >= 0.3 is 0 Å². The fourth-order valence-corrected chi connectivity index (χ4v) is 7.22. The molecular weight excluding hydrogens is 544 g/mol. The molecule has 7 nitrogen and oxygen atoms in total. The summed E-state index contributed by atoms with van der Waals surface area (Å²) in [5.74, 6) is -1.22. The fraction of sp³-hybridized carbons (Fsp3) is 0.107. The molecule has 0 unspecified atom stereocenters. The van der Waals surface area contributed by atoms with Crippen molar-refractivity contribution in [2.45, 2.75) is 28.1 Å². The Hall–Kier alpha value is -3.50. The van der Waals surface area contributed by atoms with Crippen molar-refractivity contribution in [3.05, 3.63) is 131 Å². The van der Waals surface area contributed by atoms with Crippen molar-refractivity contribution < 1.29 is 21.6 Å². The summed E-state index contributed by atoms with van der Waals surface area (Å²) < 4.78 is 55.2. The molecule has 0 heterocycles. The van der Waals surface area contributed by atoms with Gasteiger partial charge < -0.3 is 5.73 Å². The molecular formula is C28H25ClN2O5S2. The van der Waals surface area contributed by atoms with E-state index in [1.807, 2.05) is 0 Å². The zero-order valence-corrected chi connectivity index (χ0v) is 22.5. The van der Waals surface area contributed by atoms with Crippen LogP contribution in [0.4, 0.5) is 0 Å². The second-order valence-corrected chi connectivity index (χ2v) is 12.9. The van der Waals surface area contributed by atoms with E-state index in [0.29, 0.717) is 21.7 Å². The van der Waals surface area contributed by atoms with Gasteiger partial charge in [-0.05, 0) is 53.1 Å². The molecule has 1 amide bonds. The van der Waals surface area contributed by atoms with E-state index >= 15 is 0 Å². The van der Waals surface area contributed by atoms with E-state index in [4.69, 9.17) is 17.3 Å². The van der Waals surface area contributed by atoms with Crippen LogP contribution in [0.1, 0.15) is 22.7 Å². The lowest BCUT2D eigenvalue weighted by Crippen LogP contribution is -2.41. The average molecular weight is 569 g/mol. The second-order valence-electron chi connectivity index (χ2n) is 8.56. The summed E-state index contributed by atoms with van der Waals surface area (Å²) in [5, 5.41) is 0.349. The van der Waals surface area contributed by atoms with Crippen LogP contribution in [0.25, 0.3) is 0 Å². The molecule has 0 aliphatic carbocycles. The number of carbonyl (C=O) groups is 1. The minimum absolute atomic E-state index is 0.0848. The van der Waals surface area contributed by atoms with Gasteiger partial charge in [0.15, 0.2) is 9.84 Å². The van der Waals surface area contributed by atoms with Crippen molar-refractivity contribution in [3.63, 3.8) is 0 Å². The first-order valence-corrected chi connectivity index (χ1v) is 15.0. The number of primary amides is 1. The molecule has 0 bridgehead atoms. The van der Waals surface area contributed by atoms with Crippen LogP contribution in [0, 0.1) is 0 Å². The average Bonchev–Trinajstić information content (AvgIpc) is 2.90. The van der Waals surface area contributed by atoms with Gasteiger partial charge in [-0.2, -0.15) is 4.31 Å². The SMILES string of the molecule is NC(=O)[C@@H](c1ccccc1)N(Cc1ccccc1CS(=O)(=O)c1ccccc1)S(=O)(=O)c1ccc(Cl)cc1. The highest BCUT2D eigenvalue weighted by molar-refractivity contribution is 7.90. The lowest BCUT2D eigenvalue weighted by atomic mass is 10.0. The summed E-state index contributed by atoms with van der Waals surface area (Å²) >= 11 is 5.97. The van der Waals surface area contributed by atoms with E-state index < -0.39 is 31.8 Å².